The van der Waals surface area contributed by atoms with Crippen LogP contribution in [0.25, 0.3) is 22.3 Å². The van der Waals surface area contributed by atoms with E-state index < -0.39 is 6.10 Å². The van der Waals surface area contributed by atoms with Crippen molar-refractivity contribution in [3.8, 4) is 11.4 Å². The number of aliphatic hydroxyl groups is 1. The Balaban J connectivity index is 1.62. The molecule has 1 fully saturated rings. The second-order valence-corrected chi connectivity index (χ2v) is 8.86. The molecule has 32 heavy (non-hydrogen) atoms. The minimum Gasteiger partial charge on any atom is -0.383 e. The summed E-state index contributed by atoms with van der Waals surface area (Å²) in [6.07, 6.45) is -0.490. The molecule has 1 atom stereocenters. The van der Waals surface area contributed by atoms with Crippen LogP contribution in [0.3, 0.4) is 0 Å². The number of nitrogens with zero attached hydrogens (tertiary/aromatic N) is 4. The van der Waals surface area contributed by atoms with Crippen LogP contribution < -0.4 is 4.90 Å². The van der Waals surface area contributed by atoms with E-state index in [1.54, 1.807) is 17.0 Å². The smallest absolute Gasteiger partial charge is 0.251 e. The van der Waals surface area contributed by atoms with E-state index in [9.17, 15) is 14.3 Å². The number of anilines is 1. The van der Waals surface area contributed by atoms with Crippen molar-refractivity contribution in [1.82, 2.24) is 14.9 Å². The average Bonchev–Trinajstić information content (AvgIpc) is 2.77. The highest BCUT2D eigenvalue weighted by molar-refractivity contribution is 5.91. The molecular formula is C25H29FN4O2. The van der Waals surface area contributed by atoms with Crippen molar-refractivity contribution >= 4 is 22.6 Å². The van der Waals surface area contributed by atoms with Crippen LogP contribution in [0, 0.1) is 18.7 Å². The molecule has 1 aromatic heterocycles. The normalized spacial score (nSPS) is 15.4. The molecule has 0 aliphatic carbocycles. The van der Waals surface area contributed by atoms with E-state index in [4.69, 9.17) is 9.97 Å². The fraction of sp³-hybridized carbons (Fsp3) is 0.400. The van der Waals surface area contributed by atoms with Gasteiger partial charge in [0.25, 0.3) is 5.91 Å². The van der Waals surface area contributed by atoms with Gasteiger partial charge in [0, 0.05) is 37.1 Å². The summed E-state index contributed by atoms with van der Waals surface area (Å²) in [6, 6.07) is 12.3. The van der Waals surface area contributed by atoms with E-state index in [0.717, 1.165) is 22.3 Å². The number of carbonyl (C=O) groups excluding carboxylic acids is 1. The van der Waals surface area contributed by atoms with E-state index in [0.29, 0.717) is 44.0 Å². The third-order valence-corrected chi connectivity index (χ3v) is 5.79. The lowest BCUT2D eigenvalue weighted by molar-refractivity contribution is -0.141. The Morgan fingerprint density at radius 2 is 1.84 bits per heavy atom. The molecule has 0 bridgehead atoms. The Hall–Kier alpha value is -3.06. The van der Waals surface area contributed by atoms with Gasteiger partial charge in [-0.05, 0) is 49.1 Å². The molecule has 4 rings (SSSR count). The van der Waals surface area contributed by atoms with Crippen LogP contribution in [0.5, 0.6) is 0 Å². The lowest BCUT2D eigenvalue weighted by Gasteiger charge is -2.37. The van der Waals surface area contributed by atoms with E-state index in [2.05, 4.69) is 4.90 Å². The third kappa shape index (κ3) is 4.72. The molecule has 7 heteroatoms. The van der Waals surface area contributed by atoms with Crippen molar-refractivity contribution in [3.63, 3.8) is 0 Å². The van der Waals surface area contributed by atoms with E-state index in [1.165, 1.54) is 12.1 Å². The summed E-state index contributed by atoms with van der Waals surface area (Å²) in [5, 5.41) is 11.1. The fourth-order valence-electron chi connectivity index (χ4n) is 4.12. The summed E-state index contributed by atoms with van der Waals surface area (Å²) in [7, 11) is 0. The van der Waals surface area contributed by atoms with Crippen molar-refractivity contribution < 1.29 is 14.3 Å². The molecule has 1 amide bonds. The first kappa shape index (κ1) is 22.1. The molecule has 2 heterocycles. The predicted molar refractivity (Wildman–Crippen MR) is 124 cm³/mol. The number of rotatable bonds is 5. The van der Waals surface area contributed by atoms with Gasteiger partial charge in [-0.25, -0.2) is 14.4 Å². The zero-order valence-corrected chi connectivity index (χ0v) is 18.8. The highest BCUT2D eigenvalue weighted by Crippen LogP contribution is 2.29. The largest absolute Gasteiger partial charge is 0.383 e. The molecular weight excluding hydrogens is 407 g/mol. The first-order chi connectivity index (χ1) is 15.3. The summed E-state index contributed by atoms with van der Waals surface area (Å²) < 4.78 is 13.8. The van der Waals surface area contributed by atoms with Crippen molar-refractivity contribution in [1.29, 1.82) is 0 Å². The number of fused-ring (bicyclic) bond motifs is 1. The number of benzene rings is 2. The molecule has 1 aliphatic heterocycles. The van der Waals surface area contributed by atoms with E-state index in [1.807, 2.05) is 39.0 Å². The van der Waals surface area contributed by atoms with Gasteiger partial charge >= 0.3 is 0 Å². The van der Waals surface area contributed by atoms with Gasteiger partial charge in [-0.2, -0.15) is 0 Å². The second kappa shape index (κ2) is 9.20. The topological polar surface area (TPSA) is 69.6 Å². The number of aryl methyl sites for hydroxylation is 1. The number of carbonyl (C=O) groups is 1. The maximum absolute atomic E-state index is 13.8. The zero-order valence-electron chi connectivity index (χ0n) is 18.8. The summed E-state index contributed by atoms with van der Waals surface area (Å²) in [5.41, 5.74) is 2.52. The van der Waals surface area contributed by atoms with Crippen LogP contribution in [-0.2, 0) is 4.79 Å². The molecule has 168 valence electrons. The third-order valence-electron chi connectivity index (χ3n) is 5.79. The van der Waals surface area contributed by atoms with Crippen LogP contribution in [-0.4, -0.2) is 58.2 Å². The summed E-state index contributed by atoms with van der Waals surface area (Å²) in [5.74, 6) is 0.978. The van der Waals surface area contributed by atoms with Gasteiger partial charge in [0.15, 0.2) is 5.82 Å². The highest BCUT2D eigenvalue weighted by atomic mass is 19.1. The van der Waals surface area contributed by atoms with Crippen molar-refractivity contribution in [2.45, 2.75) is 33.3 Å². The maximum atomic E-state index is 13.8. The predicted octanol–water partition coefficient (Wildman–Crippen LogP) is 3.80. The van der Waals surface area contributed by atoms with Gasteiger partial charge in [0.05, 0.1) is 5.52 Å². The standard InChI is InChI=1S/C25H29FN4O2/c1-16(2)13-22(31)25(32)30-11-9-29(10-12-30)24-20-8-7-17(3)14-21(20)27-23(28-24)18-5-4-6-19(26)15-18/h4-8,14-16,22,31H,9-13H2,1-3H3/t22-/m1/s1. The summed E-state index contributed by atoms with van der Waals surface area (Å²) >= 11 is 0. The van der Waals surface area contributed by atoms with Crippen molar-refractivity contribution in [2.24, 2.45) is 5.92 Å². The van der Waals surface area contributed by atoms with Crippen LogP contribution in [0.1, 0.15) is 25.8 Å². The van der Waals surface area contributed by atoms with Crippen LogP contribution in [0.15, 0.2) is 42.5 Å². The molecule has 6 nitrogen and oxygen atoms in total. The van der Waals surface area contributed by atoms with Gasteiger partial charge in [0.2, 0.25) is 0 Å². The van der Waals surface area contributed by atoms with Crippen molar-refractivity contribution in [2.75, 3.05) is 31.1 Å². The second-order valence-electron chi connectivity index (χ2n) is 8.86. The minimum absolute atomic E-state index is 0.207. The Bertz CT molecular complexity index is 1130. The number of aliphatic hydroxyl groups excluding tert-OH is 1. The first-order valence-electron chi connectivity index (χ1n) is 11.1. The number of hydrogen-bond acceptors (Lipinski definition) is 5. The quantitative estimate of drug-likeness (QED) is 0.659. The van der Waals surface area contributed by atoms with E-state index >= 15 is 0 Å². The van der Waals surface area contributed by atoms with Crippen LogP contribution in [0.2, 0.25) is 0 Å². The van der Waals surface area contributed by atoms with E-state index in [-0.39, 0.29) is 17.6 Å². The van der Waals surface area contributed by atoms with Crippen LogP contribution in [0.4, 0.5) is 10.2 Å². The Kier molecular flexibility index (Phi) is 6.37. The van der Waals surface area contributed by atoms with Gasteiger partial charge in [-0.3, -0.25) is 4.79 Å². The van der Waals surface area contributed by atoms with Crippen molar-refractivity contribution in [3.05, 3.63) is 53.8 Å². The number of piperazine rings is 1. The van der Waals surface area contributed by atoms with Gasteiger partial charge in [0.1, 0.15) is 17.7 Å². The Morgan fingerprint density at radius 3 is 2.53 bits per heavy atom. The zero-order chi connectivity index (χ0) is 22.8. The molecule has 2 aromatic carbocycles. The Labute approximate surface area is 187 Å². The van der Waals surface area contributed by atoms with Gasteiger partial charge < -0.3 is 14.9 Å². The Morgan fingerprint density at radius 1 is 1.09 bits per heavy atom. The maximum Gasteiger partial charge on any atom is 0.251 e. The number of aromatic nitrogens is 2. The lowest BCUT2D eigenvalue weighted by Crippen LogP contribution is -2.52. The van der Waals surface area contributed by atoms with Gasteiger partial charge in [-0.1, -0.05) is 32.0 Å². The highest BCUT2D eigenvalue weighted by Gasteiger charge is 2.28. The molecule has 0 unspecified atom stereocenters. The summed E-state index contributed by atoms with van der Waals surface area (Å²) in [4.78, 5) is 26.0. The van der Waals surface area contributed by atoms with Crippen LogP contribution >= 0.6 is 0 Å². The molecule has 1 aliphatic rings. The number of hydrogen-bond donors (Lipinski definition) is 1. The minimum atomic E-state index is -0.955. The number of halogens is 1. The average molecular weight is 437 g/mol. The summed E-state index contributed by atoms with van der Waals surface area (Å²) in [6.45, 7) is 8.22. The monoisotopic (exact) mass is 436 g/mol. The molecule has 1 N–H and O–H groups in total. The lowest BCUT2D eigenvalue weighted by atomic mass is 10.0. The molecule has 0 radical (unpaired) electrons. The fourth-order valence-corrected chi connectivity index (χ4v) is 4.12. The molecule has 0 saturated carbocycles. The number of amides is 1. The first-order valence-corrected chi connectivity index (χ1v) is 11.1. The SMILES string of the molecule is Cc1ccc2c(N3CCN(C(=O)[C@H](O)CC(C)C)CC3)nc(-c3cccc(F)c3)nc2c1. The molecule has 0 spiro atoms. The van der Waals surface area contributed by atoms with Gasteiger partial charge in [-0.15, -0.1) is 0 Å². The molecule has 1 saturated heterocycles. The molecule has 3 aromatic rings.